The molecule has 1 saturated carbocycles. The fourth-order valence-corrected chi connectivity index (χ4v) is 1.16. The number of nitrogens with two attached hydrogens (primary N) is 1. The molecule has 0 spiro atoms. The van der Waals surface area contributed by atoms with Gasteiger partial charge in [0.2, 0.25) is 0 Å². The third-order valence-electron chi connectivity index (χ3n) is 2.03. The molecule has 1 rings (SSSR count). The number of nitrogens with one attached hydrogen (secondary N) is 1. The molecule has 3 N–H and O–H groups in total. The maximum atomic E-state index is 5.59. The van der Waals surface area contributed by atoms with Gasteiger partial charge in [0.15, 0.2) is 5.96 Å². The van der Waals surface area contributed by atoms with Crippen molar-refractivity contribution in [1.82, 2.24) is 5.32 Å². The lowest BCUT2D eigenvalue weighted by molar-refractivity contribution is 0.584. The fraction of sp³-hybridized carbons (Fsp3) is 0.875. The second-order valence-corrected chi connectivity index (χ2v) is 3.13. The third kappa shape index (κ3) is 2.78. The topological polar surface area (TPSA) is 50.4 Å². The zero-order valence-electron chi connectivity index (χ0n) is 7.30. The minimum absolute atomic E-state index is 0.505. The lowest BCUT2D eigenvalue weighted by Crippen LogP contribution is -2.39. The van der Waals surface area contributed by atoms with Gasteiger partial charge >= 0.3 is 0 Å². The van der Waals surface area contributed by atoms with Crippen LogP contribution in [0, 0.1) is 5.92 Å². The summed E-state index contributed by atoms with van der Waals surface area (Å²) in [5.74, 6) is 1.42. The van der Waals surface area contributed by atoms with Gasteiger partial charge in [0.1, 0.15) is 0 Å². The van der Waals surface area contributed by atoms with Crippen LogP contribution in [0.4, 0.5) is 0 Å². The number of guanidine groups is 1. The molecule has 0 saturated heterocycles. The van der Waals surface area contributed by atoms with E-state index in [1.165, 1.54) is 12.8 Å². The minimum Gasteiger partial charge on any atom is -0.370 e. The van der Waals surface area contributed by atoms with E-state index in [-0.39, 0.29) is 0 Å². The summed E-state index contributed by atoms with van der Waals surface area (Å²) in [5.41, 5.74) is 5.59. The van der Waals surface area contributed by atoms with Crippen molar-refractivity contribution >= 4 is 5.96 Å². The molecule has 1 aliphatic carbocycles. The van der Waals surface area contributed by atoms with Crippen molar-refractivity contribution in [3.8, 4) is 0 Å². The molecule has 0 heterocycles. The highest BCUT2D eigenvalue weighted by atomic mass is 15.1. The van der Waals surface area contributed by atoms with Gasteiger partial charge in [-0.1, -0.05) is 0 Å². The van der Waals surface area contributed by atoms with E-state index < -0.39 is 0 Å². The zero-order valence-corrected chi connectivity index (χ0v) is 7.30. The predicted octanol–water partition coefficient (Wildman–Crippen LogP) is 0.709. The fourth-order valence-electron chi connectivity index (χ4n) is 1.16. The SMILES string of the molecule is CCN=C(N)NC(C)C1CC1. The van der Waals surface area contributed by atoms with Crippen LogP contribution in [0.2, 0.25) is 0 Å². The molecule has 0 aromatic carbocycles. The monoisotopic (exact) mass is 155 g/mol. The van der Waals surface area contributed by atoms with E-state index in [0.29, 0.717) is 12.0 Å². The first-order valence-corrected chi connectivity index (χ1v) is 4.30. The Balaban J connectivity index is 2.22. The molecule has 1 aliphatic rings. The molecule has 1 atom stereocenters. The van der Waals surface area contributed by atoms with Gasteiger partial charge in [-0.15, -0.1) is 0 Å². The largest absolute Gasteiger partial charge is 0.370 e. The van der Waals surface area contributed by atoms with Crippen molar-refractivity contribution in [2.24, 2.45) is 16.6 Å². The van der Waals surface area contributed by atoms with E-state index in [1.807, 2.05) is 6.92 Å². The molecule has 1 fully saturated rings. The van der Waals surface area contributed by atoms with Gasteiger partial charge in [-0.05, 0) is 32.6 Å². The molecule has 0 amide bonds. The Bertz CT molecular complexity index is 149. The first-order chi connectivity index (χ1) is 5.24. The van der Waals surface area contributed by atoms with E-state index in [0.717, 1.165) is 12.5 Å². The lowest BCUT2D eigenvalue weighted by atomic mass is 10.2. The lowest BCUT2D eigenvalue weighted by Gasteiger charge is -2.12. The highest BCUT2D eigenvalue weighted by molar-refractivity contribution is 5.78. The molecule has 3 heteroatoms. The number of hydrogen-bond acceptors (Lipinski definition) is 1. The van der Waals surface area contributed by atoms with Crippen molar-refractivity contribution in [1.29, 1.82) is 0 Å². The third-order valence-corrected chi connectivity index (χ3v) is 2.03. The summed E-state index contributed by atoms with van der Waals surface area (Å²) in [6.07, 6.45) is 2.68. The quantitative estimate of drug-likeness (QED) is 0.466. The molecule has 0 aromatic heterocycles. The summed E-state index contributed by atoms with van der Waals surface area (Å²) in [4.78, 5) is 4.06. The van der Waals surface area contributed by atoms with Crippen molar-refractivity contribution in [3.05, 3.63) is 0 Å². The van der Waals surface area contributed by atoms with E-state index in [4.69, 9.17) is 5.73 Å². The van der Waals surface area contributed by atoms with Gasteiger partial charge in [-0.2, -0.15) is 0 Å². The Morgan fingerprint density at radius 3 is 2.82 bits per heavy atom. The second kappa shape index (κ2) is 3.60. The standard InChI is InChI=1S/C8H17N3/c1-3-10-8(9)11-6(2)7-4-5-7/h6-7H,3-5H2,1-2H3,(H3,9,10,11). The van der Waals surface area contributed by atoms with Crippen LogP contribution in [-0.4, -0.2) is 18.5 Å². The molecule has 1 unspecified atom stereocenters. The molecule has 0 aliphatic heterocycles. The van der Waals surface area contributed by atoms with Crippen LogP contribution < -0.4 is 11.1 Å². The Labute approximate surface area is 68.1 Å². The van der Waals surface area contributed by atoms with Crippen LogP contribution in [0.5, 0.6) is 0 Å². The van der Waals surface area contributed by atoms with Gasteiger partial charge in [0.05, 0.1) is 0 Å². The highest BCUT2D eigenvalue weighted by Gasteiger charge is 2.27. The van der Waals surface area contributed by atoms with Gasteiger partial charge in [0, 0.05) is 12.6 Å². The Hall–Kier alpha value is -0.730. The minimum atomic E-state index is 0.505. The molecular formula is C8H17N3. The number of hydrogen-bond donors (Lipinski definition) is 2. The summed E-state index contributed by atoms with van der Waals surface area (Å²) in [7, 11) is 0. The Morgan fingerprint density at radius 2 is 2.36 bits per heavy atom. The summed E-state index contributed by atoms with van der Waals surface area (Å²) in [5, 5.41) is 3.17. The van der Waals surface area contributed by atoms with Gasteiger partial charge < -0.3 is 11.1 Å². The number of nitrogens with zero attached hydrogens (tertiary/aromatic N) is 1. The van der Waals surface area contributed by atoms with E-state index in [2.05, 4.69) is 17.2 Å². The van der Waals surface area contributed by atoms with Crippen molar-refractivity contribution < 1.29 is 0 Å². The van der Waals surface area contributed by atoms with Crippen LogP contribution in [0.15, 0.2) is 4.99 Å². The molecule has 0 bridgehead atoms. The first-order valence-electron chi connectivity index (χ1n) is 4.30. The normalized spacial score (nSPS) is 21.5. The smallest absolute Gasteiger partial charge is 0.188 e. The Kier molecular flexibility index (Phi) is 2.74. The molecule has 0 aromatic rings. The summed E-state index contributed by atoms with van der Waals surface area (Å²) in [6, 6.07) is 0.505. The average molecular weight is 155 g/mol. The van der Waals surface area contributed by atoms with Crippen molar-refractivity contribution in [2.75, 3.05) is 6.54 Å². The maximum absolute atomic E-state index is 5.59. The number of aliphatic imine (C=N–C) groups is 1. The van der Waals surface area contributed by atoms with E-state index >= 15 is 0 Å². The van der Waals surface area contributed by atoms with E-state index in [9.17, 15) is 0 Å². The molecule has 0 radical (unpaired) electrons. The summed E-state index contributed by atoms with van der Waals surface area (Å²) >= 11 is 0. The van der Waals surface area contributed by atoms with Crippen molar-refractivity contribution in [3.63, 3.8) is 0 Å². The van der Waals surface area contributed by atoms with E-state index in [1.54, 1.807) is 0 Å². The zero-order chi connectivity index (χ0) is 8.27. The van der Waals surface area contributed by atoms with Crippen LogP contribution in [-0.2, 0) is 0 Å². The Morgan fingerprint density at radius 1 is 1.73 bits per heavy atom. The molecular weight excluding hydrogens is 138 g/mol. The first kappa shape index (κ1) is 8.37. The van der Waals surface area contributed by atoms with Gasteiger partial charge in [-0.3, -0.25) is 4.99 Å². The van der Waals surface area contributed by atoms with Gasteiger partial charge in [0.25, 0.3) is 0 Å². The second-order valence-electron chi connectivity index (χ2n) is 3.13. The molecule has 3 nitrogen and oxygen atoms in total. The number of rotatable bonds is 3. The van der Waals surface area contributed by atoms with Crippen LogP contribution in [0.25, 0.3) is 0 Å². The van der Waals surface area contributed by atoms with Crippen molar-refractivity contribution in [2.45, 2.75) is 32.7 Å². The molecule has 11 heavy (non-hydrogen) atoms. The highest BCUT2D eigenvalue weighted by Crippen LogP contribution is 2.32. The molecule has 64 valence electrons. The summed E-state index contributed by atoms with van der Waals surface area (Å²) in [6.45, 7) is 4.91. The van der Waals surface area contributed by atoms with Crippen LogP contribution in [0.1, 0.15) is 26.7 Å². The predicted molar refractivity (Wildman–Crippen MR) is 47.5 cm³/mol. The van der Waals surface area contributed by atoms with Crippen LogP contribution in [0.3, 0.4) is 0 Å². The van der Waals surface area contributed by atoms with Gasteiger partial charge in [-0.25, -0.2) is 0 Å². The average Bonchev–Trinajstić information content (AvgIpc) is 2.67. The maximum Gasteiger partial charge on any atom is 0.188 e. The summed E-state index contributed by atoms with van der Waals surface area (Å²) < 4.78 is 0. The van der Waals surface area contributed by atoms with Crippen LogP contribution >= 0.6 is 0 Å².